The largest absolute Gasteiger partial charge is 0.274 e. The molecule has 3 aliphatic rings. The lowest BCUT2D eigenvalue weighted by atomic mass is 9.84. The van der Waals surface area contributed by atoms with E-state index in [0.29, 0.717) is 88.4 Å². The van der Waals surface area contributed by atoms with Crippen LogP contribution in [0.3, 0.4) is 0 Å². The number of benzene rings is 7. The maximum Gasteiger partial charge on any atom is 0.261 e. The lowest BCUT2D eigenvalue weighted by Gasteiger charge is -2.28. The molecule has 7 aromatic carbocycles. The monoisotopic (exact) mass is 831 g/mol. The third-order valence-electron chi connectivity index (χ3n) is 13.0. The summed E-state index contributed by atoms with van der Waals surface area (Å²) < 4.78 is 0. The predicted molar refractivity (Wildman–Crippen MR) is 246 cm³/mol. The summed E-state index contributed by atoms with van der Waals surface area (Å²) in [5, 5.41) is 4.10. The van der Waals surface area contributed by atoms with Gasteiger partial charge in [-0.2, -0.15) is 0 Å². The first kappa shape index (κ1) is 39.9. The molecule has 0 N–H and O–H groups in total. The van der Waals surface area contributed by atoms with Crippen LogP contribution in [0, 0.1) is 0 Å². The molecule has 10 rings (SSSR count). The average Bonchev–Trinajstić information content (AvgIpc) is 3.31. The molecular formula is C54H45N3O6. The number of carbonyl (C=O) groups excluding carboxylic acids is 6. The van der Waals surface area contributed by atoms with Crippen molar-refractivity contribution in [3.8, 4) is 33.4 Å². The van der Waals surface area contributed by atoms with E-state index in [0.717, 1.165) is 68.8 Å². The first-order chi connectivity index (χ1) is 30.7. The molecule has 0 unspecified atom stereocenters. The quantitative estimate of drug-likeness (QED) is 0.113. The smallest absolute Gasteiger partial charge is 0.261 e. The fourth-order valence-electron chi connectivity index (χ4n) is 9.85. The van der Waals surface area contributed by atoms with Gasteiger partial charge < -0.3 is 0 Å². The Morgan fingerprint density at radius 1 is 0.317 bits per heavy atom. The fourth-order valence-corrected chi connectivity index (χ4v) is 9.85. The number of amides is 6. The van der Waals surface area contributed by atoms with Gasteiger partial charge in [0.1, 0.15) is 0 Å². The van der Waals surface area contributed by atoms with Gasteiger partial charge in [-0.3, -0.25) is 43.5 Å². The molecule has 63 heavy (non-hydrogen) atoms. The third kappa shape index (κ3) is 6.12. The van der Waals surface area contributed by atoms with Gasteiger partial charge in [0.05, 0.1) is 0 Å². The van der Waals surface area contributed by atoms with Crippen LogP contribution in [0.1, 0.15) is 121 Å². The molecule has 0 radical (unpaired) electrons. The molecule has 0 saturated carbocycles. The van der Waals surface area contributed by atoms with Crippen LogP contribution >= 0.6 is 0 Å². The van der Waals surface area contributed by atoms with E-state index in [-0.39, 0.29) is 35.4 Å². The van der Waals surface area contributed by atoms with Crippen LogP contribution in [-0.2, 0) is 0 Å². The van der Waals surface area contributed by atoms with Gasteiger partial charge in [0.2, 0.25) is 0 Å². The summed E-state index contributed by atoms with van der Waals surface area (Å²) in [5.41, 5.74) is 7.70. The van der Waals surface area contributed by atoms with E-state index < -0.39 is 0 Å². The van der Waals surface area contributed by atoms with Crippen molar-refractivity contribution in [1.82, 2.24) is 14.7 Å². The summed E-state index contributed by atoms with van der Waals surface area (Å²) in [7, 11) is 0. The molecule has 6 amide bonds. The SMILES string of the molecule is CCCCN1C(=O)c2cccc3c(-c4cc(-c5ccc6c7c(cccc57)C(=O)N(CCCC)C6=O)cc(-c5ccc6c7c(cccc57)C(=O)N(CCCC)C6=O)c4)ccc(c23)C1=O. The van der Waals surface area contributed by atoms with E-state index in [4.69, 9.17) is 0 Å². The van der Waals surface area contributed by atoms with E-state index in [2.05, 4.69) is 18.2 Å². The normalized spacial score (nSPS) is 14.6. The van der Waals surface area contributed by atoms with E-state index in [1.807, 2.05) is 93.6 Å². The zero-order valence-corrected chi connectivity index (χ0v) is 35.5. The number of imide groups is 3. The van der Waals surface area contributed by atoms with Gasteiger partial charge in [-0.25, -0.2) is 0 Å². The number of carbonyl (C=O) groups is 6. The number of nitrogens with zero attached hydrogens (tertiary/aromatic N) is 3. The van der Waals surface area contributed by atoms with Crippen LogP contribution in [-0.4, -0.2) is 69.8 Å². The molecule has 312 valence electrons. The van der Waals surface area contributed by atoms with Gasteiger partial charge in [0.25, 0.3) is 35.4 Å². The second kappa shape index (κ2) is 15.6. The molecule has 9 nitrogen and oxygen atoms in total. The van der Waals surface area contributed by atoms with Crippen LogP contribution in [0.15, 0.2) is 109 Å². The minimum absolute atomic E-state index is 0.305. The van der Waals surface area contributed by atoms with E-state index in [1.165, 1.54) is 14.7 Å². The van der Waals surface area contributed by atoms with Gasteiger partial charge in [-0.1, -0.05) is 94.6 Å². The zero-order chi connectivity index (χ0) is 43.7. The van der Waals surface area contributed by atoms with Gasteiger partial charge in [0, 0.05) is 69.2 Å². The van der Waals surface area contributed by atoms with Crippen molar-refractivity contribution in [1.29, 1.82) is 0 Å². The minimum atomic E-state index is -0.305. The topological polar surface area (TPSA) is 112 Å². The summed E-state index contributed by atoms with van der Waals surface area (Å²) in [6, 6.07) is 34.2. The standard InChI is InChI=1S/C54H45N3O6/c1-4-7-25-55-49(58)40-16-10-13-37-34(19-22-43(46(37)40)52(55)61)31-28-32(35-20-23-44-47-38(35)14-11-17-41(47)50(59)56(53(44)62)26-8-5-2)30-33(29-31)36-21-24-45-48-39(36)15-12-18-42(48)51(60)57(54(45)63)27-9-6-3/h10-24,28-30H,4-9,25-27H2,1-3H3. The number of hydrogen-bond donors (Lipinski definition) is 0. The van der Waals surface area contributed by atoms with Gasteiger partial charge in [-0.15, -0.1) is 0 Å². The molecule has 0 atom stereocenters. The van der Waals surface area contributed by atoms with Crippen molar-refractivity contribution in [2.45, 2.75) is 59.3 Å². The third-order valence-corrected chi connectivity index (χ3v) is 13.0. The highest BCUT2D eigenvalue weighted by atomic mass is 16.2. The molecule has 0 spiro atoms. The summed E-state index contributed by atoms with van der Waals surface area (Å²) in [6.07, 6.45) is 4.67. The average molecular weight is 832 g/mol. The maximum absolute atomic E-state index is 13.9. The highest BCUT2D eigenvalue weighted by molar-refractivity contribution is 6.29. The number of unbranched alkanes of at least 4 members (excludes halogenated alkanes) is 3. The summed E-state index contributed by atoms with van der Waals surface area (Å²) in [5.74, 6) is -1.83. The lowest BCUT2D eigenvalue weighted by Crippen LogP contribution is -2.40. The van der Waals surface area contributed by atoms with Crippen molar-refractivity contribution >= 4 is 67.8 Å². The van der Waals surface area contributed by atoms with Gasteiger partial charge >= 0.3 is 0 Å². The van der Waals surface area contributed by atoms with E-state index >= 15 is 0 Å². The van der Waals surface area contributed by atoms with Crippen LogP contribution in [0.4, 0.5) is 0 Å². The summed E-state index contributed by atoms with van der Waals surface area (Å²) >= 11 is 0. The molecule has 9 heteroatoms. The zero-order valence-electron chi connectivity index (χ0n) is 35.5. The Balaban J connectivity index is 1.21. The molecule has 0 aliphatic carbocycles. The Bertz CT molecular complexity index is 2770. The molecule has 0 aromatic heterocycles. The van der Waals surface area contributed by atoms with Crippen LogP contribution in [0.5, 0.6) is 0 Å². The van der Waals surface area contributed by atoms with Crippen molar-refractivity contribution < 1.29 is 28.8 Å². The fraction of sp³-hybridized carbons (Fsp3) is 0.222. The summed E-state index contributed by atoms with van der Waals surface area (Å²) in [4.78, 5) is 87.5. The van der Waals surface area contributed by atoms with E-state index in [9.17, 15) is 28.8 Å². The highest BCUT2D eigenvalue weighted by Gasteiger charge is 2.36. The minimum Gasteiger partial charge on any atom is -0.274 e. The first-order valence-corrected chi connectivity index (χ1v) is 22.1. The summed E-state index contributed by atoms with van der Waals surface area (Å²) in [6.45, 7) is 7.13. The van der Waals surface area contributed by atoms with Crippen LogP contribution in [0.2, 0.25) is 0 Å². The Morgan fingerprint density at radius 3 is 0.810 bits per heavy atom. The predicted octanol–water partition coefficient (Wildman–Crippen LogP) is 11.3. The van der Waals surface area contributed by atoms with Crippen molar-refractivity contribution in [2.24, 2.45) is 0 Å². The second-order valence-electron chi connectivity index (χ2n) is 16.8. The molecule has 0 bridgehead atoms. The first-order valence-electron chi connectivity index (χ1n) is 22.1. The molecule has 3 heterocycles. The van der Waals surface area contributed by atoms with Crippen molar-refractivity contribution in [3.63, 3.8) is 0 Å². The second-order valence-corrected chi connectivity index (χ2v) is 16.8. The number of rotatable bonds is 12. The Labute approximate surface area is 364 Å². The van der Waals surface area contributed by atoms with Gasteiger partial charge in [0.15, 0.2) is 0 Å². The molecule has 3 aliphatic heterocycles. The molecule has 0 fully saturated rings. The Kier molecular flexibility index (Phi) is 9.85. The van der Waals surface area contributed by atoms with E-state index in [1.54, 1.807) is 18.2 Å². The van der Waals surface area contributed by atoms with Crippen LogP contribution < -0.4 is 0 Å². The number of hydrogen-bond acceptors (Lipinski definition) is 6. The van der Waals surface area contributed by atoms with Crippen molar-refractivity contribution in [3.05, 3.63) is 143 Å². The van der Waals surface area contributed by atoms with Crippen molar-refractivity contribution in [2.75, 3.05) is 19.6 Å². The Morgan fingerprint density at radius 2 is 0.556 bits per heavy atom. The van der Waals surface area contributed by atoms with Crippen LogP contribution in [0.25, 0.3) is 65.7 Å². The maximum atomic E-state index is 13.9. The molecule has 7 aromatic rings. The van der Waals surface area contributed by atoms with Gasteiger partial charge in [-0.05, 0) is 123 Å². The highest BCUT2D eigenvalue weighted by Crippen LogP contribution is 2.44. The molecular weight excluding hydrogens is 787 g/mol. The molecule has 0 saturated heterocycles. The lowest BCUT2D eigenvalue weighted by molar-refractivity contribution is 0.0593. The Hall–Kier alpha value is -7.26.